The number of hydrogen-bond donors (Lipinski definition) is 1. The van der Waals surface area contributed by atoms with Gasteiger partial charge in [-0.1, -0.05) is 30.0 Å². The number of amides is 2. The number of nitrogens with one attached hydrogen (secondary N) is 1. The Labute approximate surface area is 104 Å². The van der Waals surface area contributed by atoms with Crippen molar-refractivity contribution in [1.29, 1.82) is 0 Å². The molecular weight excluding hydrogens is 236 g/mol. The number of thioether (sulfide) groups is 1. The van der Waals surface area contributed by atoms with Crippen molar-refractivity contribution in [3.8, 4) is 0 Å². The Bertz CT molecular complexity index is 471. The van der Waals surface area contributed by atoms with E-state index in [-0.39, 0.29) is 11.8 Å². The highest BCUT2D eigenvalue weighted by molar-refractivity contribution is 8.04. The van der Waals surface area contributed by atoms with Crippen molar-refractivity contribution < 1.29 is 9.59 Å². The van der Waals surface area contributed by atoms with Gasteiger partial charge in [-0.2, -0.15) is 0 Å². The summed E-state index contributed by atoms with van der Waals surface area (Å²) in [7, 11) is 1.67. The topological polar surface area (TPSA) is 49.4 Å². The molecule has 5 heteroatoms. The predicted octanol–water partition coefficient (Wildman–Crippen LogP) is 1.67. The predicted molar refractivity (Wildman–Crippen MR) is 68.4 cm³/mol. The van der Waals surface area contributed by atoms with E-state index in [1.807, 2.05) is 30.3 Å². The maximum atomic E-state index is 11.7. The number of carbonyl (C=O) groups excluding carboxylic acids is 2. The molecule has 1 heterocycles. The molecule has 4 nitrogen and oxygen atoms in total. The summed E-state index contributed by atoms with van der Waals surface area (Å²) < 4.78 is 0. The number of benzene rings is 1. The van der Waals surface area contributed by atoms with Crippen LogP contribution in [0.25, 0.3) is 0 Å². The van der Waals surface area contributed by atoms with Gasteiger partial charge in [-0.3, -0.25) is 9.59 Å². The van der Waals surface area contributed by atoms with E-state index in [0.29, 0.717) is 10.8 Å². The van der Waals surface area contributed by atoms with Gasteiger partial charge in [-0.05, 0) is 12.1 Å². The van der Waals surface area contributed by atoms with Gasteiger partial charge in [0.05, 0.1) is 10.8 Å². The molecule has 1 saturated heterocycles. The van der Waals surface area contributed by atoms with Crippen LogP contribution in [0.1, 0.15) is 0 Å². The van der Waals surface area contributed by atoms with Gasteiger partial charge >= 0.3 is 0 Å². The largest absolute Gasteiger partial charge is 0.322 e. The first kappa shape index (κ1) is 11.7. The van der Waals surface area contributed by atoms with Crippen LogP contribution < -0.4 is 5.32 Å². The lowest BCUT2D eigenvalue weighted by Gasteiger charge is -2.09. The second-order valence-corrected chi connectivity index (χ2v) is 4.57. The molecular formula is C12H12N2O2S. The lowest BCUT2D eigenvalue weighted by molar-refractivity contribution is -0.124. The molecule has 1 aliphatic rings. The van der Waals surface area contributed by atoms with Crippen molar-refractivity contribution in [2.45, 2.75) is 0 Å². The summed E-state index contributed by atoms with van der Waals surface area (Å²) in [4.78, 5) is 24.4. The summed E-state index contributed by atoms with van der Waals surface area (Å²) in [6, 6.07) is 9.21. The van der Waals surface area contributed by atoms with E-state index < -0.39 is 0 Å². The standard InChI is InChI=1S/C12H12N2O2S/c1-14-11(16)8-17-12(14)7-10(15)13-9-5-3-2-4-6-9/h2-7H,8H2,1H3,(H,13,15). The average molecular weight is 248 g/mol. The molecule has 17 heavy (non-hydrogen) atoms. The fourth-order valence-electron chi connectivity index (χ4n) is 1.40. The number of anilines is 1. The summed E-state index contributed by atoms with van der Waals surface area (Å²) in [6.07, 6.45) is 1.45. The maximum Gasteiger partial charge on any atom is 0.251 e. The van der Waals surface area contributed by atoms with Crippen molar-refractivity contribution in [2.75, 3.05) is 18.1 Å². The minimum atomic E-state index is -0.222. The van der Waals surface area contributed by atoms with Crippen molar-refractivity contribution in [3.63, 3.8) is 0 Å². The Kier molecular flexibility index (Phi) is 3.49. The van der Waals surface area contributed by atoms with Gasteiger partial charge in [0.2, 0.25) is 5.91 Å². The van der Waals surface area contributed by atoms with Gasteiger partial charge in [-0.15, -0.1) is 0 Å². The number of rotatable bonds is 2. The molecule has 1 N–H and O–H groups in total. The normalized spacial score (nSPS) is 17.6. The van der Waals surface area contributed by atoms with Gasteiger partial charge in [0.1, 0.15) is 0 Å². The third kappa shape index (κ3) is 2.88. The second kappa shape index (κ2) is 5.05. The quantitative estimate of drug-likeness (QED) is 0.810. The van der Waals surface area contributed by atoms with E-state index in [2.05, 4.69) is 5.32 Å². The van der Waals surface area contributed by atoms with E-state index in [1.54, 1.807) is 7.05 Å². The molecule has 1 aromatic rings. The first-order valence-electron chi connectivity index (χ1n) is 5.14. The lowest BCUT2D eigenvalue weighted by atomic mass is 10.3. The highest BCUT2D eigenvalue weighted by Gasteiger charge is 2.23. The van der Waals surface area contributed by atoms with Gasteiger partial charge < -0.3 is 10.2 Å². The smallest absolute Gasteiger partial charge is 0.251 e. The van der Waals surface area contributed by atoms with E-state index >= 15 is 0 Å². The molecule has 0 aliphatic carbocycles. The minimum absolute atomic E-state index is 0.0220. The van der Waals surface area contributed by atoms with Gasteiger partial charge in [-0.25, -0.2) is 0 Å². The lowest BCUT2D eigenvalue weighted by Crippen LogP contribution is -2.20. The molecule has 0 atom stereocenters. The zero-order chi connectivity index (χ0) is 12.3. The second-order valence-electron chi connectivity index (χ2n) is 3.58. The minimum Gasteiger partial charge on any atom is -0.322 e. The summed E-state index contributed by atoms with van der Waals surface area (Å²) in [5.41, 5.74) is 0.742. The first-order valence-corrected chi connectivity index (χ1v) is 6.12. The van der Waals surface area contributed by atoms with Gasteiger partial charge in [0.15, 0.2) is 0 Å². The van der Waals surface area contributed by atoms with Crippen LogP contribution in [0.4, 0.5) is 5.69 Å². The van der Waals surface area contributed by atoms with Crippen LogP contribution >= 0.6 is 11.8 Å². The van der Waals surface area contributed by atoms with E-state index in [4.69, 9.17) is 0 Å². The third-order valence-electron chi connectivity index (χ3n) is 2.34. The molecule has 2 rings (SSSR count). The summed E-state index contributed by atoms with van der Waals surface area (Å²) in [5, 5.41) is 3.42. The van der Waals surface area contributed by atoms with Crippen molar-refractivity contribution in [2.24, 2.45) is 0 Å². The van der Waals surface area contributed by atoms with E-state index in [1.165, 1.54) is 22.7 Å². The molecule has 0 unspecified atom stereocenters. The van der Waals surface area contributed by atoms with Crippen molar-refractivity contribution >= 4 is 29.3 Å². The van der Waals surface area contributed by atoms with Crippen LogP contribution in [0.15, 0.2) is 41.4 Å². The van der Waals surface area contributed by atoms with Crippen LogP contribution in [0.3, 0.4) is 0 Å². The molecule has 2 amide bonds. The number of carbonyl (C=O) groups is 2. The molecule has 0 radical (unpaired) electrons. The molecule has 0 aromatic heterocycles. The van der Waals surface area contributed by atoms with E-state index in [0.717, 1.165) is 5.69 Å². The van der Waals surface area contributed by atoms with Crippen LogP contribution in [-0.4, -0.2) is 29.5 Å². The van der Waals surface area contributed by atoms with Crippen LogP contribution in [0.5, 0.6) is 0 Å². The summed E-state index contributed by atoms with van der Waals surface area (Å²) >= 11 is 1.37. The van der Waals surface area contributed by atoms with Crippen molar-refractivity contribution in [3.05, 3.63) is 41.4 Å². The molecule has 0 bridgehead atoms. The Morgan fingerprint density at radius 1 is 1.41 bits per heavy atom. The fraction of sp³-hybridized carbons (Fsp3) is 0.167. The summed E-state index contributed by atoms with van der Waals surface area (Å²) in [6.45, 7) is 0. The monoisotopic (exact) mass is 248 g/mol. The van der Waals surface area contributed by atoms with Crippen molar-refractivity contribution in [1.82, 2.24) is 4.90 Å². The number of para-hydroxylation sites is 1. The molecule has 1 aliphatic heterocycles. The number of hydrogen-bond acceptors (Lipinski definition) is 3. The molecule has 1 aromatic carbocycles. The molecule has 0 spiro atoms. The Morgan fingerprint density at radius 2 is 2.12 bits per heavy atom. The van der Waals surface area contributed by atoms with Gasteiger partial charge in [0, 0.05) is 18.8 Å². The Balaban J connectivity index is 2.03. The maximum absolute atomic E-state index is 11.7. The zero-order valence-electron chi connectivity index (χ0n) is 9.34. The van der Waals surface area contributed by atoms with Crippen LogP contribution in [0.2, 0.25) is 0 Å². The first-order chi connectivity index (χ1) is 8.16. The fourth-order valence-corrected chi connectivity index (χ4v) is 2.35. The number of nitrogens with zero attached hydrogens (tertiary/aromatic N) is 1. The average Bonchev–Trinajstić information content (AvgIpc) is 2.62. The Morgan fingerprint density at radius 3 is 2.71 bits per heavy atom. The molecule has 88 valence electrons. The SMILES string of the molecule is CN1C(=O)CSC1=CC(=O)Nc1ccccc1. The zero-order valence-corrected chi connectivity index (χ0v) is 10.2. The third-order valence-corrected chi connectivity index (χ3v) is 3.42. The Hall–Kier alpha value is -1.75. The highest BCUT2D eigenvalue weighted by atomic mass is 32.2. The molecule has 0 saturated carbocycles. The molecule has 1 fully saturated rings. The van der Waals surface area contributed by atoms with Crippen LogP contribution in [-0.2, 0) is 9.59 Å². The van der Waals surface area contributed by atoms with E-state index in [9.17, 15) is 9.59 Å². The van der Waals surface area contributed by atoms with Crippen LogP contribution in [0, 0.1) is 0 Å². The van der Waals surface area contributed by atoms with Gasteiger partial charge in [0.25, 0.3) is 5.91 Å². The highest BCUT2D eigenvalue weighted by Crippen LogP contribution is 2.26. The summed E-state index contributed by atoms with van der Waals surface area (Å²) in [5.74, 6) is 0.204.